The summed E-state index contributed by atoms with van der Waals surface area (Å²) in [6.07, 6.45) is 1.06. The Kier molecular flexibility index (Phi) is 4.96. The van der Waals surface area contributed by atoms with Gasteiger partial charge in [-0.15, -0.1) is 0 Å². The van der Waals surface area contributed by atoms with Gasteiger partial charge in [-0.3, -0.25) is 9.59 Å². The summed E-state index contributed by atoms with van der Waals surface area (Å²) in [5, 5.41) is 10.5. The molecule has 3 aromatic rings. The van der Waals surface area contributed by atoms with Crippen LogP contribution >= 0.6 is 0 Å². The first-order valence-electron chi connectivity index (χ1n) is 9.20. The second-order valence-electron chi connectivity index (χ2n) is 7.03. The van der Waals surface area contributed by atoms with Gasteiger partial charge in [-0.05, 0) is 31.9 Å². The smallest absolute Gasteiger partial charge is 0.264 e. The van der Waals surface area contributed by atoms with Gasteiger partial charge in [0.2, 0.25) is 0 Å². The number of carbonyl (C=O) groups is 1. The molecular weight excluding hydrogens is 382 g/mol. The molecule has 1 aliphatic rings. The van der Waals surface area contributed by atoms with E-state index in [1.807, 2.05) is 0 Å². The first kappa shape index (κ1) is 19.0. The third-order valence-corrected chi connectivity index (χ3v) is 5.08. The van der Waals surface area contributed by atoms with Crippen LogP contribution in [0.15, 0.2) is 39.6 Å². The van der Waals surface area contributed by atoms with Crippen LogP contribution in [0.2, 0.25) is 0 Å². The lowest BCUT2D eigenvalue weighted by molar-refractivity contribution is 0.0702. The van der Waals surface area contributed by atoms with Gasteiger partial charge in [-0.1, -0.05) is 11.2 Å². The number of hydrogen-bond donors (Lipinski definition) is 1. The van der Waals surface area contributed by atoms with Gasteiger partial charge in [0, 0.05) is 36.7 Å². The molecule has 0 atom stereocenters. The van der Waals surface area contributed by atoms with Crippen molar-refractivity contribution in [1.29, 1.82) is 0 Å². The monoisotopic (exact) mass is 400 g/mol. The molecule has 0 aliphatic carbocycles. The number of rotatable bonds is 3. The number of piperidine rings is 1. The fraction of sp³-hybridized carbons (Fsp3) is 0.300. The molecule has 9 heteroatoms. The lowest BCUT2D eigenvalue weighted by Crippen LogP contribution is -2.39. The molecule has 1 saturated heterocycles. The Morgan fingerprint density at radius 2 is 1.90 bits per heavy atom. The van der Waals surface area contributed by atoms with Gasteiger partial charge < -0.3 is 9.42 Å². The molecule has 1 fully saturated rings. The summed E-state index contributed by atoms with van der Waals surface area (Å²) in [6, 6.07) is 6.49. The number of aromatic amines is 1. The Bertz CT molecular complexity index is 1100. The standard InChI is InChI=1S/C20H18F2N4O3/c1-11-9-16(29-25-11)13-10-17(27)23-24-19(13)12-5-7-26(8-6-12)20(28)18-14(21)3-2-4-15(18)22/h2-4,9-10,12H,5-8H2,1H3,(H,23,27). The minimum atomic E-state index is -0.873. The van der Waals surface area contributed by atoms with Crippen molar-refractivity contribution in [1.82, 2.24) is 20.3 Å². The summed E-state index contributed by atoms with van der Waals surface area (Å²) in [5.74, 6) is -2.02. The van der Waals surface area contributed by atoms with Crippen LogP contribution in [0.3, 0.4) is 0 Å². The zero-order valence-corrected chi connectivity index (χ0v) is 15.6. The van der Waals surface area contributed by atoms with E-state index in [1.165, 1.54) is 17.0 Å². The van der Waals surface area contributed by atoms with E-state index in [4.69, 9.17) is 4.52 Å². The number of halogens is 2. The van der Waals surface area contributed by atoms with Gasteiger partial charge in [0.15, 0.2) is 5.76 Å². The Morgan fingerprint density at radius 1 is 1.21 bits per heavy atom. The second kappa shape index (κ2) is 7.57. The number of aromatic nitrogens is 3. The Hall–Kier alpha value is -3.36. The summed E-state index contributed by atoms with van der Waals surface area (Å²) < 4.78 is 33.2. The number of amides is 1. The van der Waals surface area contributed by atoms with E-state index in [9.17, 15) is 18.4 Å². The van der Waals surface area contributed by atoms with E-state index in [-0.39, 0.29) is 11.5 Å². The molecule has 0 radical (unpaired) electrons. The van der Waals surface area contributed by atoms with Crippen molar-refractivity contribution >= 4 is 5.91 Å². The SMILES string of the molecule is Cc1cc(-c2cc(=O)[nH]nc2C2CCN(C(=O)c3c(F)cccc3F)CC2)on1. The predicted molar refractivity (Wildman–Crippen MR) is 99.3 cm³/mol. The average Bonchev–Trinajstić information content (AvgIpc) is 3.14. The molecule has 29 heavy (non-hydrogen) atoms. The van der Waals surface area contributed by atoms with Crippen LogP contribution < -0.4 is 5.56 Å². The van der Waals surface area contributed by atoms with Crippen molar-refractivity contribution < 1.29 is 18.1 Å². The highest BCUT2D eigenvalue weighted by molar-refractivity contribution is 5.94. The van der Waals surface area contributed by atoms with E-state index < -0.39 is 23.1 Å². The van der Waals surface area contributed by atoms with E-state index >= 15 is 0 Å². The quantitative estimate of drug-likeness (QED) is 0.730. The highest BCUT2D eigenvalue weighted by Crippen LogP contribution is 2.33. The Labute approximate surface area is 164 Å². The van der Waals surface area contributed by atoms with Crippen LogP contribution in [0.25, 0.3) is 11.3 Å². The third kappa shape index (κ3) is 3.67. The molecule has 1 aromatic carbocycles. The van der Waals surface area contributed by atoms with Crippen molar-refractivity contribution in [2.75, 3.05) is 13.1 Å². The first-order valence-corrected chi connectivity index (χ1v) is 9.20. The summed E-state index contributed by atoms with van der Waals surface area (Å²) in [5.41, 5.74) is 0.981. The summed E-state index contributed by atoms with van der Waals surface area (Å²) >= 11 is 0. The van der Waals surface area contributed by atoms with Crippen LogP contribution in [0.5, 0.6) is 0 Å². The molecule has 1 amide bonds. The molecule has 0 unspecified atom stereocenters. The maximum atomic E-state index is 13.9. The number of aryl methyl sites for hydroxylation is 1. The van der Waals surface area contributed by atoms with Crippen LogP contribution in [0.4, 0.5) is 8.78 Å². The lowest BCUT2D eigenvalue weighted by Gasteiger charge is -2.32. The summed E-state index contributed by atoms with van der Waals surface area (Å²) in [6.45, 7) is 2.40. The van der Waals surface area contributed by atoms with Crippen LogP contribution in [-0.4, -0.2) is 39.3 Å². The molecule has 2 aromatic heterocycles. The molecule has 0 bridgehead atoms. The fourth-order valence-corrected chi connectivity index (χ4v) is 3.63. The van der Waals surface area contributed by atoms with Crippen LogP contribution in [0, 0.1) is 18.6 Å². The Balaban J connectivity index is 1.55. The molecular formula is C20H18F2N4O3. The van der Waals surface area contributed by atoms with Gasteiger partial charge in [-0.2, -0.15) is 5.10 Å². The molecule has 1 aliphatic heterocycles. The van der Waals surface area contributed by atoms with Gasteiger partial charge in [0.05, 0.1) is 11.4 Å². The Morgan fingerprint density at radius 3 is 2.52 bits per heavy atom. The predicted octanol–water partition coefficient (Wildman–Crippen LogP) is 3.03. The first-order chi connectivity index (χ1) is 13.9. The van der Waals surface area contributed by atoms with Crippen molar-refractivity contribution in [2.45, 2.75) is 25.7 Å². The topological polar surface area (TPSA) is 92.1 Å². The van der Waals surface area contributed by atoms with Crippen molar-refractivity contribution in [2.24, 2.45) is 0 Å². The maximum Gasteiger partial charge on any atom is 0.264 e. The lowest BCUT2D eigenvalue weighted by atomic mass is 9.89. The minimum Gasteiger partial charge on any atom is -0.356 e. The van der Waals surface area contributed by atoms with Gasteiger partial charge >= 0.3 is 0 Å². The maximum absolute atomic E-state index is 13.9. The van der Waals surface area contributed by atoms with Crippen molar-refractivity contribution in [3.63, 3.8) is 0 Å². The van der Waals surface area contributed by atoms with Gasteiger partial charge in [0.25, 0.3) is 11.5 Å². The van der Waals surface area contributed by atoms with E-state index in [1.54, 1.807) is 13.0 Å². The van der Waals surface area contributed by atoms with E-state index in [2.05, 4.69) is 15.4 Å². The van der Waals surface area contributed by atoms with Crippen LogP contribution in [0.1, 0.15) is 40.5 Å². The number of likely N-dealkylation sites (tertiary alicyclic amines) is 1. The molecule has 0 saturated carbocycles. The number of H-pyrrole nitrogens is 1. The summed E-state index contributed by atoms with van der Waals surface area (Å²) in [4.78, 5) is 25.8. The zero-order chi connectivity index (χ0) is 20.5. The van der Waals surface area contributed by atoms with E-state index in [0.717, 1.165) is 12.1 Å². The number of nitrogens with zero attached hydrogens (tertiary/aromatic N) is 3. The number of nitrogens with one attached hydrogen (secondary N) is 1. The highest BCUT2D eigenvalue weighted by Gasteiger charge is 2.30. The summed E-state index contributed by atoms with van der Waals surface area (Å²) in [7, 11) is 0. The third-order valence-electron chi connectivity index (χ3n) is 5.08. The molecule has 4 rings (SSSR count). The number of hydrogen-bond acceptors (Lipinski definition) is 5. The molecule has 3 heterocycles. The molecule has 150 valence electrons. The highest BCUT2D eigenvalue weighted by atomic mass is 19.1. The van der Waals surface area contributed by atoms with E-state index in [0.29, 0.717) is 48.6 Å². The molecule has 7 nitrogen and oxygen atoms in total. The average molecular weight is 400 g/mol. The van der Waals surface area contributed by atoms with Gasteiger partial charge in [-0.25, -0.2) is 13.9 Å². The molecule has 0 spiro atoms. The molecule has 1 N–H and O–H groups in total. The van der Waals surface area contributed by atoms with Gasteiger partial charge in [0.1, 0.15) is 17.2 Å². The van der Waals surface area contributed by atoms with Crippen molar-refractivity contribution in [3.8, 4) is 11.3 Å². The second-order valence-corrected chi connectivity index (χ2v) is 7.03. The largest absolute Gasteiger partial charge is 0.356 e. The normalized spacial score (nSPS) is 14.9. The minimum absolute atomic E-state index is 0.0539. The fourth-order valence-electron chi connectivity index (χ4n) is 3.63. The van der Waals surface area contributed by atoms with Crippen LogP contribution in [-0.2, 0) is 0 Å². The number of carbonyl (C=O) groups excluding carboxylic acids is 1. The number of benzene rings is 1. The van der Waals surface area contributed by atoms with Crippen molar-refractivity contribution in [3.05, 3.63) is 69.3 Å². The zero-order valence-electron chi connectivity index (χ0n) is 15.6.